The highest BCUT2D eigenvalue weighted by atomic mass is 32.2. The van der Waals surface area contributed by atoms with Gasteiger partial charge in [0.1, 0.15) is 17.5 Å². The first-order chi connectivity index (χ1) is 8.60. The van der Waals surface area contributed by atoms with Gasteiger partial charge in [0, 0.05) is 11.0 Å². The standard InChI is InChI=1S/C10H7N5O2S/c1-6-12-10(14-13-6)18-8-3-2-7(5-11)9(4-8)15(16)17/h2-4H,1H3,(H,12,13,14). The highest BCUT2D eigenvalue weighted by Crippen LogP contribution is 2.29. The van der Waals surface area contributed by atoms with Crippen molar-refractivity contribution in [3.05, 3.63) is 39.7 Å². The van der Waals surface area contributed by atoms with Gasteiger partial charge in [-0.1, -0.05) is 0 Å². The molecule has 90 valence electrons. The number of nitrogens with one attached hydrogen (secondary N) is 1. The first-order valence-corrected chi connectivity index (χ1v) is 5.67. The molecule has 7 nitrogen and oxygen atoms in total. The van der Waals surface area contributed by atoms with Gasteiger partial charge in [-0.3, -0.25) is 15.2 Å². The van der Waals surface area contributed by atoms with Gasteiger partial charge in [0.15, 0.2) is 0 Å². The van der Waals surface area contributed by atoms with Gasteiger partial charge in [-0.15, -0.1) is 5.10 Å². The summed E-state index contributed by atoms with van der Waals surface area (Å²) in [4.78, 5) is 14.9. The van der Waals surface area contributed by atoms with E-state index >= 15 is 0 Å². The van der Waals surface area contributed by atoms with Gasteiger partial charge >= 0.3 is 0 Å². The predicted octanol–water partition coefficient (Wildman–Crippen LogP) is 2.04. The van der Waals surface area contributed by atoms with Crippen molar-refractivity contribution in [2.75, 3.05) is 0 Å². The highest BCUT2D eigenvalue weighted by molar-refractivity contribution is 7.99. The van der Waals surface area contributed by atoms with Crippen LogP contribution in [0, 0.1) is 28.4 Å². The second-order valence-electron chi connectivity index (χ2n) is 3.35. The SMILES string of the molecule is Cc1nc(Sc2ccc(C#N)c([N+](=O)[O-])c2)n[nH]1. The number of rotatable bonds is 3. The van der Waals surface area contributed by atoms with E-state index in [0.717, 1.165) is 0 Å². The number of nitro groups is 1. The summed E-state index contributed by atoms with van der Waals surface area (Å²) in [6.45, 7) is 1.76. The van der Waals surface area contributed by atoms with Crippen molar-refractivity contribution in [2.24, 2.45) is 0 Å². The van der Waals surface area contributed by atoms with Crippen molar-refractivity contribution in [1.29, 1.82) is 5.26 Å². The van der Waals surface area contributed by atoms with E-state index in [1.54, 1.807) is 19.1 Å². The van der Waals surface area contributed by atoms with Crippen molar-refractivity contribution in [3.8, 4) is 6.07 Å². The van der Waals surface area contributed by atoms with Gasteiger partial charge in [-0.25, -0.2) is 4.98 Å². The normalized spacial score (nSPS) is 10.0. The van der Waals surface area contributed by atoms with E-state index in [-0.39, 0.29) is 11.3 Å². The van der Waals surface area contributed by atoms with Crippen molar-refractivity contribution in [1.82, 2.24) is 15.2 Å². The number of benzene rings is 1. The van der Waals surface area contributed by atoms with Gasteiger partial charge in [-0.05, 0) is 30.8 Å². The summed E-state index contributed by atoms with van der Waals surface area (Å²) in [5, 5.41) is 26.6. The molecule has 1 heterocycles. The lowest BCUT2D eigenvalue weighted by Gasteiger charge is -1.98. The first kappa shape index (κ1) is 12.1. The maximum Gasteiger partial charge on any atom is 0.288 e. The third-order valence-electron chi connectivity index (χ3n) is 2.07. The largest absolute Gasteiger partial charge is 0.288 e. The summed E-state index contributed by atoms with van der Waals surface area (Å²) in [7, 11) is 0. The lowest BCUT2D eigenvalue weighted by Crippen LogP contribution is -1.92. The van der Waals surface area contributed by atoms with E-state index in [9.17, 15) is 10.1 Å². The number of H-pyrrole nitrogens is 1. The number of nitrogens with zero attached hydrogens (tertiary/aromatic N) is 4. The van der Waals surface area contributed by atoms with Crippen LogP contribution in [0.4, 0.5) is 5.69 Å². The van der Waals surface area contributed by atoms with Gasteiger partial charge in [0.2, 0.25) is 5.16 Å². The number of hydrogen-bond donors (Lipinski definition) is 1. The van der Waals surface area contributed by atoms with Crippen LogP contribution in [0.1, 0.15) is 11.4 Å². The highest BCUT2D eigenvalue weighted by Gasteiger charge is 2.15. The number of nitro benzene ring substituents is 1. The van der Waals surface area contributed by atoms with Crippen LogP contribution < -0.4 is 0 Å². The van der Waals surface area contributed by atoms with Gasteiger partial charge < -0.3 is 0 Å². The lowest BCUT2D eigenvalue weighted by molar-refractivity contribution is -0.385. The maximum absolute atomic E-state index is 10.8. The maximum atomic E-state index is 10.8. The molecule has 0 unspecified atom stereocenters. The Balaban J connectivity index is 2.33. The summed E-state index contributed by atoms with van der Waals surface area (Å²) in [5.74, 6) is 0.667. The molecule has 1 aromatic carbocycles. The van der Waals surface area contributed by atoms with Gasteiger partial charge in [0.05, 0.1) is 4.92 Å². The minimum atomic E-state index is -0.578. The number of aromatic nitrogens is 3. The summed E-state index contributed by atoms with van der Waals surface area (Å²) >= 11 is 1.19. The first-order valence-electron chi connectivity index (χ1n) is 4.85. The third-order valence-corrected chi connectivity index (χ3v) is 2.93. The minimum Gasteiger partial charge on any atom is -0.262 e. The summed E-state index contributed by atoms with van der Waals surface area (Å²) in [5.41, 5.74) is -0.176. The molecule has 2 aromatic rings. The molecule has 0 aliphatic rings. The second kappa shape index (κ2) is 4.85. The molecule has 0 aliphatic heterocycles. The van der Waals surface area contributed by atoms with Crippen LogP contribution in [0.2, 0.25) is 0 Å². The Bertz CT molecular complexity index is 646. The van der Waals surface area contributed by atoms with Crippen LogP contribution in [0.3, 0.4) is 0 Å². The van der Waals surface area contributed by atoms with Crippen molar-refractivity contribution in [3.63, 3.8) is 0 Å². The average Bonchev–Trinajstić information content (AvgIpc) is 2.74. The molecule has 0 aliphatic carbocycles. The Labute approximate surface area is 106 Å². The van der Waals surface area contributed by atoms with E-state index in [0.29, 0.717) is 15.9 Å². The predicted molar refractivity (Wildman–Crippen MR) is 63.1 cm³/mol. The number of aromatic amines is 1. The van der Waals surface area contributed by atoms with E-state index in [4.69, 9.17) is 5.26 Å². The van der Waals surface area contributed by atoms with Crippen molar-refractivity contribution < 1.29 is 4.92 Å². The second-order valence-corrected chi connectivity index (χ2v) is 4.39. The molecule has 0 bridgehead atoms. The van der Waals surface area contributed by atoms with Crippen molar-refractivity contribution >= 4 is 17.4 Å². The monoisotopic (exact) mass is 261 g/mol. The fourth-order valence-corrected chi connectivity index (χ4v) is 2.09. The van der Waals surface area contributed by atoms with Crippen LogP contribution in [0.5, 0.6) is 0 Å². The molecule has 0 saturated carbocycles. The number of aryl methyl sites for hydroxylation is 1. The van der Waals surface area contributed by atoms with E-state index in [1.807, 2.05) is 0 Å². The molecule has 0 saturated heterocycles. The molecule has 0 spiro atoms. The molecule has 0 fully saturated rings. The van der Waals surface area contributed by atoms with Gasteiger partial charge in [0.25, 0.3) is 5.69 Å². The summed E-state index contributed by atoms with van der Waals surface area (Å²) in [6.07, 6.45) is 0. The van der Waals surface area contributed by atoms with Gasteiger partial charge in [-0.2, -0.15) is 5.26 Å². The van der Waals surface area contributed by atoms with Crippen LogP contribution >= 0.6 is 11.8 Å². The Morgan fingerprint density at radius 3 is 2.89 bits per heavy atom. The molecule has 0 amide bonds. The Morgan fingerprint density at radius 2 is 2.33 bits per heavy atom. The van der Waals surface area contributed by atoms with Crippen molar-refractivity contribution in [2.45, 2.75) is 17.0 Å². The van der Waals surface area contributed by atoms with E-state index in [2.05, 4.69) is 15.2 Å². The zero-order valence-electron chi connectivity index (χ0n) is 9.25. The summed E-state index contributed by atoms with van der Waals surface area (Å²) in [6, 6.07) is 6.17. The molecular weight excluding hydrogens is 254 g/mol. The lowest BCUT2D eigenvalue weighted by atomic mass is 10.2. The molecule has 0 atom stereocenters. The van der Waals surface area contributed by atoms with Crippen LogP contribution in [-0.4, -0.2) is 20.1 Å². The molecule has 1 N–H and O–H groups in total. The number of nitriles is 1. The van der Waals surface area contributed by atoms with Crippen LogP contribution in [0.25, 0.3) is 0 Å². The molecular formula is C10H7N5O2S. The molecule has 8 heteroatoms. The zero-order chi connectivity index (χ0) is 13.1. The Kier molecular flexibility index (Phi) is 3.25. The minimum absolute atomic E-state index is 0.0375. The molecule has 1 aromatic heterocycles. The quantitative estimate of drug-likeness (QED) is 0.669. The number of hydrogen-bond acceptors (Lipinski definition) is 6. The van der Waals surface area contributed by atoms with E-state index in [1.165, 1.54) is 23.9 Å². The molecule has 0 radical (unpaired) electrons. The Morgan fingerprint density at radius 1 is 1.56 bits per heavy atom. The Hall–Kier alpha value is -2.40. The summed E-state index contributed by atoms with van der Waals surface area (Å²) < 4.78 is 0. The average molecular weight is 261 g/mol. The molecule has 18 heavy (non-hydrogen) atoms. The van der Waals surface area contributed by atoms with E-state index < -0.39 is 4.92 Å². The fraction of sp³-hybridized carbons (Fsp3) is 0.100. The van der Waals surface area contributed by atoms with Crippen LogP contribution in [-0.2, 0) is 0 Å². The smallest absolute Gasteiger partial charge is 0.262 e. The zero-order valence-corrected chi connectivity index (χ0v) is 10.1. The fourth-order valence-electron chi connectivity index (χ4n) is 1.29. The molecule has 2 rings (SSSR count). The topological polar surface area (TPSA) is 108 Å². The third kappa shape index (κ3) is 2.46. The van der Waals surface area contributed by atoms with Crippen LogP contribution in [0.15, 0.2) is 28.3 Å².